The van der Waals surface area contributed by atoms with E-state index in [0.717, 1.165) is 25.7 Å². The summed E-state index contributed by atoms with van der Waals surface area (Å²) in [4.78, 5) is 34.9. The van der Waals surface area contributed by atoms with Gasteiger partial charge in [-0.25, -0.2) is 0 Å². The summed E-state index contributed by atoms with van der Waals surface area (Å²) in [6.07, 6.45) is 5.50. The molecule has 0 aliphatic heterocycles. The van der Waals surface area contributed by atoms with Gasteiger partial charge in [0.15, 0.2) is 5.78 Å². The molecule has 1 aromatic rings. The molecule has 0 saturated carbocycles. The van der Waals surface area contributed by atoms with Crippen LogP contribution in [0.25, 0.3) is 0 Å². The number of benzene rings is 1. The van der Waals surface area contributed by atoms with Gasteiger partial charge >= 0.3 is 5.97 Å². The number of amides is 1. The molecule has 1 aliphatic rings. The van der Waals surface area contributed by atoms with E-state index in [9.17, 15) is 14.4 Å². The van der Waals surface area contributed by atoms with E-state index in [-0.39, 0.29) is 30.5 Å². The Balaban J connectivity index is 1.64. The molecule has 0 spiro atoms. The third kappa shape index (κ3) is 5.48. The quantitative estimate of drug-likeness (QED) is 0.429. The van der Waals surface area contributed by atoms with E-state index in [1.165, 1.54) is 18.2 Å². The smallest absolute Gasteiger partial charge is 0.305 e. The molecule has 0 atom stereocenters. The molecule has 0 aromatic heterocycles. The normalized spacial score (nSPS) is 12.5. The molecule has 5 nitrogen and oxygen atoms in total. The third-order valence-electron chi connectivity index (χ3n) is 4.36. The van der Waals surface area contributed by atoms with Gasteiger partial charge in [-0.2, -0.15) is 0 Å². The van der Waals surface area contributed by atoms with Gasteiger partial charge in [0.1, 0.15) is 0 Å². The van der Waals surface area contributed by atoms with Crippen molar-refractivity contribution in [2.45, 2.75) is 51.4 Å². The van der Waals surface area contributed by atoms with Gasteiger partial charge in [0.05, 0.1) is 7.11 Å². The Morgan fingerprint density at radius 3 is 2.62 bits per heavy atom. The summed E-state index contributed by atoms with van der Waals surface area (Å²) in [6.45, 7) is 0.517. The third-order valence-corrected chi connectivity index (χ3v) is 4.36. The van der Waals surface area contributed by atoms with Crippen molar-refractivity contribution in [3.05, 3.63) is 34.9 Å². The molecule has 130 valence electrons. The number of fused-ring (bicyclic) bond motifs is 1. The number of ether oxygens (including phenoxy) is 1. The maximum absolute atomic E-state index is 12.2. The summed E-state index contributed by atoms with van der Waals surface area (Å²) in [5, 5.41) is 2.78. The second kappa shape index (κ2) is 9.21. The number of hydrogen-bond acceptors (Lipinski definition) is 4. The Bertz CT molecular complexity index is 609. The van der Waals surface area contributed by atoms with E-state index < -0.39 is 0 Å². The van der Waals surface area contributed by atoms with Crippen molar-refractivity contribution in [2.24, 2.45) is 0 Å². The van der Waals surface area contributed by atoms with Gasteiger partial charge in [-0.1, -0.05) is 12.1 Å². The number of esters is 1. The minimum atomic E-state index is -0.235. The zero-order valence-corrected chi connectivity index (χ0v) is 14.2. The van der Waals surface area contributed by atoms with Gasteiger partial charge in [-0.3, -0.25) is 14.4 Å². The van der Waals surface area contributed by atoms with Crippen molar-refractivity contribution in [2.75, 3.05) is 13.7 Å². The summed E-state index contributed by atoms with van der Waals surface area (Å²) in [6, 6.07) is 5.89. The number of carbonyl (C=O) groups is 3. The predicted molar refractivity (Wildman–Crippen MR) is 90.9 cm³/mol. The highest BCUT2D eigenvalue weighted by molar-refractivity contribution is 5.98. The second-order valence-corrected chi connectivity index (χ2v) is 6.14. The SMILES string of the molecule is COC(=O)CCCCNC(=O)CCC(=O)c1ccc2c(c1)CCC2. The summed E-state index contributed by atoms with van der Waals surface area (Å²) in [5.74, 6) is -0.339. The van der Waals surface area contributed by atoms with E-state index in [4.69, 9.17) is 0 Å². The standard InChI is InChI=1S/C19H25NO4/c1-24-19(23)7-2-3-12-20-18(22)11-10-17(21)16-9-8-14-5-4-6-15(14)13-16/h8-9,13H,2-7,10-12H2,1H3,(H,20,22). The molecule has 1 aliphatic carbocycles. The Labute approximate surface area is 142 Å². The van der Waals surface area contributed by atoms with E-state index in [0.29, 0.717) is 24.9 Å². The van der Waals surface area contributed by atoms with Crippen LogP contribution in [0.2, 0.25) is 0 Å². The van der Waals surface area contributed by atoms with E-state index in [2.05, 4.69) is 10.1 Å². The highest BCUT2D eigenvalue weighted by atomic mass is 16.5. The van der Waals surface area contributed by atoms with Crippen LogP contribution in [0.1, 0.15) is 60.0 Å². The molecular weight excluding hydrogens is 306 g/mol. The summed E-state index contributed by atoms with van der Waals surface area (Å²) in [7, 11) is 1.36. The van der Waals surface area contributed by atoms with E-state index in [1.54, 1.807) is 0 Å². The van der Waals surface area contributed by atoms with Crippen molar-refractivity contribution >= 4 is 17.7 Å². The highest BCUT2D eigenvalue weighted by Crippen LogP contribution is 2.23. The first kappa shape index (κ1) is 18.2. The molecule has 2 rings (SSSR count). The maximum atomic E-state index is 12.2. The molecule has 1 N–H and O–H groups in total. The number of Topliss-reactive ketones (excluding diaryl/α,β-unsaturated/α-hetero) is 1. The van der Waals surface area contributed by atoms with Crippen LogP contribution in [0.5, 0.6) is 0 Å². The summed E-state index contributed by atoms with van der Waals surface area (Å²) < 4.78 is 4.55. The number of hydrogen-bond donors (Lipinski definition) is 1. The van der Waals surface area contributed by atoms with Crippen LogP contribution in [0.4, 0.5) is 0 Å². The number of methoxy groups -OCH3 is 1. The fourth-order valence-electron chi connectivity index (χ4n) is 2.93. The molecule has 0 unspecified atom stereocenters. The zero-order valence-electron chi connectivity index (χ0n) is 14.2. The van der Waals surface area contributed by atoms with E-state index >= 15 is 0 Å². The topological polar surface area (TPSA) is 72.5 Å². The van der Waals surface area contributed by atoms with Crippen molar-refractivity contribution < 1.29 is 19.1 Å². The lowest BCUT2D eigenvalue weighted by molar-refractivity contribution is -0.140. The molecule has 0 heterocycles. The second-order valence-electron chi connectivity index (χ2n) is 6.14. The zero-order chi connectivity index (χ0) is 17.4. The van der Waals surface area contributed by atoms with Crippen LogP contribution in [0, 0.1) is 0 Å². The van der Waals surface area contributed by atoms with Crippen molar-refractivity contribution in [3.8, 4) is 0 Å². The maximum Gasteiger partial charge on any atom is 0.305 e. The molecule has 1 aromatic carbocycles. The van der Waals surface area contributed by atoms with Gasteiger partial charge in [-0.05, 0) is 49.3 Å². The molecule has 24 heavy (non-hydrogen) atoms. The number of rotatable bonds is 9. The Morgan fingerprint density at radius 2 is 1.83 bits per heavy atom. The average molecular weight is 331 g/mol. The van der Waals surface area contributed by atoms with Crippen molar-refractivity contribution in [3.63, 3.8) is 0 Å². The molecule has 0 radical (unpaired) electrons. The Hall–Kier alpha value is -2.17. The fraction of sp³-hybridized carbons (Fsp3) is 0.526. The molecule has 0 bridgehead atoms. The van der Waals surface area contributed by atoms with Gasteiger partial charge in [-0.15, -0.1) is 0 Å². The lowest BCUT2D eigenvalue weighted by Gasteiger charge is -2.06. The van der Waals surface area contributed by atoms with E-state index in [1.807, 2.05) is 18.2 Å². The van der Waals surface area contributed by atoms with Crippen LogP contribution >= 0.6 is 0 Å². The Morgan fingerprint density at radius 1 is 1.04 bits per heavy atom. The van der Waals surface area contributed by atoms with Crippen LogP contribution in [0.15, 0.2) is 18.2 Å². The number of unbranched alkanes of at least 4 members (excludes halogenated alkanes) is 1. The predicted octanol–water partition coefficient (Wildman–Crippen LogP) is 2.60. The van der Waals surface area contributed by atoms with Gasteiger partial charge < -0.3 is 10.1 Å². The van der Waals surface area contributed by atoms with Crippen LogP contribution < -0.4 is 5.32 Å². The molecule has 1 amide bonds. The van der Waals surface area contributed by atoms with Crippen molar-refractivity contribution in [1.82, 2.24) is 5.32 Å². The van der Waals surface area contributed by atoms with Crippen LogP contribution in [-0.4, -0.2) is 31.3 Å². The summed E-state index contributed by atoms with van der Waals surface area (Å²) in [5.41, 5.74) is 3.33. The van der Waals surface area contributed by atoms with Gasteiger partial charge in [0.2, 0.25) is 5.91 Å². The monoisotopic (exact) mass is 331 g/mol. The largest absolute Gasteiger partial charge is 0.469 e. The first-order valence-electron chi connectivity index (χ1n) is 8.58. The van der Waals surface area contributed by atoms with Gasteiger partial charge in [0, 0.05) is 31.4 Å². The molecule has 0 saturated heterocycles. The molecular formula is C19H25NO4. The first-order chi connectivity index (χ1) is 11.6. The fourth-order valence-corrected chi connectivity index (χ4v) is 2.93. The molecule has 5 heteroatoms. The number of ketones is 1. The van der Waals surface area contributed by atoms with Crippen LogP contribution in [-0.2, 0) is 27.2 Å². The summed E-state index contributed by atoms with van der Waals surface area (Å²) >= 11 is 0. The van der Waals surface area contributed by atoms with Gasteiger partial charge in [0.25, 0.3) is 0 Å². The number of carbonyl (C=O) groups excluding carboxylic acids is 3. The van der Waals surface area contributed by atoms with Crippen molar-refractivity contribution in [1.29, 1.82) is 0 Å². The lowest BCUT2D eigenvalue weighted by atomic mass is 10.0. The highest BCUT2D eigenvalue weighted by Gasteiger charge is 2.14. The number of nitrogens with one attached hydrogen (secondary N) is 1. The average Bonchev–Trinajstić information content (AvgIpc) is 3.06. The number of aryl methyl sites for hydroxylation is 2. The minimum Gasteiger partial charge on any atom is -0.469 e. The van der Waals surface area contributed by atoms with Crippen LogP contribution in [0.3, 0.4) is 0 Å². The Kier molecular flexibility index (Phi) is 6.97. The first-order valence-corrected chi connectivity index (χ1v) is 8.58. The molecule has 0 fully saturated rings. The lowest BCUT2D eigenvalue weighted by Crippen LogP contribution is -2.25. The minimum absolute atomic E-state index is 0.0190.